The molecule has 0 unspecified atom stereocenters. The minimum Gasteiger partial charge on any atom is -0.486 e. The number of rotatable bonds is 7. The van der Waals surface area contributed by atoms with Gasteiger partial charge in [0.2, 0.25) is 9.84 Å². The number of hydrogen-bond donors (Lipinski definition) is 0. The van der Waals surface area contributed by atoms with Gasteiger partial charge in [0.15, 0.2) is 5.79 Å². The topological polar surface area (TPSA) is 71.1 Å². The summed E-state index contributed by atoms with van der Waals surface area (Å²) in [5.74, 6) is -0.643. The van der Waals surface area contributed by atoms with Crippen LogP contribution in [0.3, 0.4) is 0 Å². The Morgan fingerprint density at radius 2 is 1.36 bits per heavy atom. The molecule has 0 aliphatic carbocycles. The summed E-state index contributed by atoms with van der Waals surface area (Å²) in [5, 5.41) is 3.28. The molecule has 2 heterocycles. The summed E-state index contributed by atoms with van der Waals surface area (Å²) in [6, 6.07) is 29.1. The van der Waals surface area contributed by atoms with E-state index in [1.54, 1.807) is 30.3 Å². The zero-order chi connectivity index (χ0) is 27.9. The molecule has 0 saturated carbocycles. The van der Waals surface area contributed by atoms with Crippen molar-refractivity contribution in [1.29, 1.82) is 0 Å². The Bertz CT molecular complexity index is 1380. The average molecular weight is 565 g/mol. The van der Waals surface area contributed by atoms with Gasteiger partial charge in [-0.2, -0.15) is 0 Å². The van der Waals surface area contributed by atoms with Gasteiger partial charge in [-0.05, 0) is 41.4 Å². The molecular weight excluding hydrogens is 528 g/mol. The number of fused-ring (bicyclic) bond motifs is 1. The third-order valence-electron chi connectivity index (χ3n) is 7.29. The van der Waals surface area contributed by atoms with Crippen LogP contribution in [-0.4, -0.2) is 47.4 Å². The molecule has 2 fully saturated rings. The summed E-state index contributed by atoms with van der Waals surface area (Å²) >= 11 is 0. The van der Waals surface area contributed by atoms with E-state index in [0.29, 0.717) is 0 Å². The van der Waals surface area contributed by atoms with Gasteiger partial charge in [0.25, 0.3) is 8.32 Å². The van der Waals surface area contributed by atoms with Gasteiger partial charge in [0.05, 0.1) is 16.9 Å². The lowest BCUT2D eigenvalue weighted by atomic mass is 10.1. The number of ether oxygens (including phenoxy) is 3. The van der Waals surface area contributed by atoms with E-state index in [0.717, 1.165) is 10.4 Å². The van der Waals surface area contributed by atoms with Gasteiger partial charge in [-0.15, -0.1) is 0 Å². The van der Waals surface area contributed by atoms with Crippen LogP contribution in [0.2, 0.25) is 5.04 Å². The molecule has 3 aromatic carbocycles. The van der Waals surface area contributed by atoms with Crippen molar-refractivity contribution < 1.29 is 27.1 Å². The number of benzene rings is 3. The first-order chi connectivity index (χ1) is 18.4. The molecule has 0 aromatic heterocycles. The predicted molar refractivity (Wildman–Crippen MR) is 154 cm³/mol. The smallest absolute Gasteiger partial charge is 0.261 e. The van der Waals surface area contributed by atoms with Gasteiger partial charge in [0, 0.05) is 0 Å². The SMILES string of the molecule is CC1(C)O[C@@H]2[C@@H](CO[Si](c3ccccc3)(c3ccccc3)C(C)(C)C)O/C(=C/S(=O)(=O)c3ccccc3)[C@@H]2O1. The maximum Gasteiger partial charge on any atom is 0.261 e. The van der Waals surface area contributed by atoms with Crippen LogP contribution in [0, 0.1) is 0 Å². The van der Waals surface area contributed by atoms with Crippen LogP contribution in [0.15, 0.2) is 107 Å². The lowest BCUT2D eigenvalue weighted by Crippen LogP contribution is -2.67. The minimum absolute atomic E-state index is 0.197. The Morgan fingerprint density at radius 1 is 0.846 bits per heavy atom. The monoisotopic (exact) mass is 564 g/mol. The van der Waals surface area contributed by atoms with Crippen molar-refractivity contribution in [2.45, 2.75) is 68.7 Å². The molecule has 6 nitrogen and oxygen atoms in total. The van der Waals surface area contributed by atoms with Gasteiger partial charge in [-0.3, -0.25) is 0 Å². The van der Waals surface area contributed by atoms with Crippen molar-refractivity contribution in [2.24, 2.45) is 0 Å². The summed E-state index contributed by atoms with van der Waals surface area (Å²) in [5.41, 5.74) is 0. The molecule has 0 radical (unpaired) electrons. The summed E-state index contributed by atoms with van der Waals surface area (Å²) in [6.07, 6.45) is -1.70. The zero-order valence-corrected chi connectivity index (χ0v) is 24.9. The van der Waals surface area contributed by atoms with E-state index in [9.17, 15) is 8.42 Å². The standard InChI is InChI=1S/C31H36O6SSi/c1-30(2,3)39(24-17-11-7-12-18-24,25-19-13-8-14-20-25)34-21-26-28-29(37-31(4,5)36-28)27(35-26)22-38(32,33)23-15-9-6-10-16-23/h6-20,22,26,28-29H,21H2,1-5H3/b27-22+/t26-,28-,29+/m1/s1. The summed E-state index contributed by atoms with van der Waals surface area (Å²) < 4.78 is 52.1. The third-order valence-corrected chi connectivity index (χ3v) is 13.8. The lowest BCUT2D eigenvalue weighted by molar-refractivity contribution is -0.168. The Balaban J connectivity index is 1.51. The van der Waals surface area contributed by atoms with Gasteiger partial charge in [0.1, 0.15) is 24.1 Å². The molecule has 8 heteroatoms. The molecule has 0 spiro atoms. The van der Waals surface area contributed by atoms with Crippen molar-refractivity contribution in [2.75, 3.05) is 6.61 Å². The first-order valence-electron chi connectivity index (χ1n) is 13.2. The van der Waals surface area contributed by atoms with Crippen LogP contribution in [0.25, 0.3) is 0 Å². The highest BCUT2D eigenvalue weighted by Crippen LogP contribution is 2.43. The zero-order valence-electron chi connectivity index (χ0n) is 23.0. The predicted octanol–water partition coefficient (Wildman–Crippen LogP) is 4.80. The summed E-state index contributed by atoms with van der Waals surface area (Å²) in [6.45, 7) is 10.5. The van der Waals surface area contributed by atoms with E-state index in [2.05, 4.69) is 45.0 Å². The molecule has 2 aliphatic heterocycles. The average Bonchev–Trinajstić information content (AvgIpc) is 3.38. The first kappa shape index (κ1) is 27.8. The molecule has 3 aromatic rings. The second-order valence-corrected chi connectivity index (χ2v) is 17.6. The fraction of sp³-hybridized carbons (Fsp3) is 0.355. The van der Waals surface area contributed by atoms with E-state index < -0.39 is 42.3 Å². The highest BCUT2D eigenvalue weighted by Gasteiger charge is 2.56. The van der Waals surface area contributed by atoms with Gasteiger partial charge in [-0.25, -0.2) is 8.42 Å². The van der Waals surface area contributed by atoms with Gasteiger partial charge < -0.3 is 18.6 Å². The van der Waals surface area contributed by atoms with Crippen LogP contribution in [0.1, 0.15) is 34.6 Å². The van der Waals surface area contributed by atoms with E-state index in [1.807, 2.05) is 50.2 Å². The highest BCUT2D eigenvalue weighted by atomic mass is 32.2. The Kier molecular flexibility index (Phi) is 7.37. The molecule has 2 saturated heterocycles. The summed E-state index contributed by atoms with van der Waals surface area (Å²) in [7, 11) is -6.58. The van der Waals surface area contributed by atoms with E-state index in [1.165, 1.54) is 5.41 Å². The van der Waals surface area contributed by atoms with Crippen LogP contribution < -0.4 is 10.4 Å². The van der Waals surface area contributed by atoms with Crippen LogP contribution in [0.5, 0.6) is 0 Å². The number of sulfone groups is 1. The fourth-order valence-corrected chi connectivity index (χ4v) is 11.4. The normalized spacial score (nSPS) is 23.9. The fourth-order valence-electron chi connectivity index (χ4n) is 5.61. The van der Waals surface area contributed by atoms with Crippen LogP contribution >= 0.6 is 0 Å². The van der Waals surface area contributed by atoms with Gasteiger partial charge in [-0.1, -0.05) is 99.6 Å². The molecule has 206 valence electrons. The lowest BCUT2D eigenvalue weighted by Gasteiger charge is -2.43. The van der Waals surface area contributed by atoms with E-state index >= 15 is 0 Å². The van der Waals surface area contributed by atoms with Crippen LogP contribution in [-0.2, 0) is 28.5 Å². The molecule has 5 rings (SSSR count). The van der Waals surface area contributed by atoms with E-state index in [4.69, 9.17) is 18.6 Å². The molecule has 2 aliphatic rings. The van der Waals surface area contributed by atoms with Crippen molar-refractivity contribution in [1.82, 2.24) is 0 Å². The minimum atomic E-state index is -3.75. The second-order valence-electron chi connectivity index (χ2n) is 11.5. The second kappa shape index (κ2) is 10.3. The molecule has 3 atom stereocenters. The van der Waals surface area contributed by atoms with Gasteiger partial charge >= 0.3 is 0 Å². The Hall–Kier alpha value is -2.75. The van der Waals surface area contributed by atoms with Crippen molar-refractivity contribution >= 4 is 28.5 Å². The Labute approximate surface area is 232 Å². The molecule has 0 N–H and O–H groups in total. The highest BCUT2D eigenvalue weighted by molar-refractivity contribution is 7.94. The van der Waals surface area contributed by atoms with Crippen molar-refractivity contribution in [3.8, 4) is 0 Å². The third kappa shape index (κ3) is 5.36. The quantitative estimate of drug-likeness (QED) is 0.384. The first-order valence-corrected chi connectivity index (χ1v) is 16.7. The number of hydrogen-bond acceptors (Lipinski definition) is 6. The van der Waals surface area contributed by atoms with E-state index in [-0.39, 0.29) is 22.3 Å². The molecule has 0 bridgehead atoms. The Morgan fingerprint density at radius 3 is 1.87 bits per heavy atom. The molecule has 39 heavy (non-hydrogen) atoms. The van der Waals surface area contributed by atoms with Crippen LogP contribution in [0.4, 0.5) is 0 Å². The maximum absolute atomic E-state index is 13.2. The molecule has 0 amide bonds. The largest absolute Gasteiger partial charge is 0.486 e. The maximum atomic E-state index is 13.2. The van der Waals surface area contributed by atoms with Crippen molar-refractivity contribution in [3.05, 3.63) is 102 Å². The molecular formula is C31H36O6SSi. The van der Waals surface area contributed by atoms with Crippen molar-refractivity contribution in [3.63, 3.8) is 0 Å². The summed E-state index contributed by atoms with van der Waals surface area (Å²) in [4.78, 5) is 0.197.